The first-order valence-corrected chi connectivity index (χ1v) is 11.7. The molecule has 0 bridgehead atoms. The summed E-state index contributed by atoms with van der Waals surface area (Å²) >= 11 is 0. The Labute approximate surface area is 200 Å². The van der Waals surface area contributed by atoms with E-state index in [2.05, 4.69) is 11.9 Å². The minimum atomic E-state index is 0.147. The van der Waals surface area contributed by atoms with Crippen molar-refractivity contribution in [2.24, 2.45) is 0 Å². The van der Waals surface area contributed by atoms with Gasteiger partial charge < -0.3 is 19.3 Å². The number of benzene rings is 2. The van der Waals surface area contributed by atoms with Crippen LogP contribution in [0.4, 0.5) is 0 Å². The van der Waals surface area contributed by atoms with E-state index in [1.807, 2.05) is 29.2 Å². The summed E-state index contributed by atoms with van der Waals surface area (Å²) in [6.07, 6.45) is 4.51. The summed E-state index contributed by atoms with van der Waals surface area (Å²) in [5.74, 6) is 1.88. The van der Waals surface area contributed by atoms with E-state index in [4.69, 9.17) is 9.47 Å². The molecule has 0 radical (unpaired) electrons. The molecule has 1 aliphatic carbocycles. The summed E-state index contributed by atoms with van der Waals surface area (Å²) in [6, 6.07) is 7.62. The molecule has 7 heteroatoms. The summed E-state index contributed by atoms with van der Waals surface area (Å²) < 4.78 is 10.8. The van der Waals surface area contributed by atoms with Gasteiger partial charge >= 0.3 is 0 Å². The van der Waals surface area contributed by atoms with Crippen LogP contribution in [0.25, 0.3) is 0 Å². The fraction of sp³-hybridized carbons (Fsp3) is 0.444. The number of hydrogen-bond acceptors (Lipinski definition) is 6. The highest BCUT2D eigenvalue weighted by Crippen LogP contribution is 2.37. The standard InChI is InChI=1S/C27H32N2O5/c1-28(15-21-9-20-10-22(16-30)23(17-31)11-24(20)21)6-4-7-29-8-5-18-12-25(33-2)26(34-3)13-19(18)14-27(29)32/h10-13,16-17,21H,4-9,14-15H2,1-3H3/t21-/m1/s1. The smallest absolute Gasteiger partial charge is 0.227 e. The summed E-state index contributed by atoms with van der Waals surface area (Å²) in [5, 5.41) is 0. The van der Waals surface area contributed by atoms with Gasteiger partial charge in [-0.05, 0) is 79.4 Å². The largest absolute Gasteiger partial charge is 0.493 e. The van der Waals surface area contributed by atoms with Crippen LogP contribution < -0.4 is 9.47 Å². The fourth-order valence-electron chi connectivity index (χ4n) is 5.12. The van der Waals surface area contributed by atoms with E-state index in [1.54, 1.807) is 14.2 Å². The van der Waals surface area contributed by atoms with Crippen molar-refractivity contribution in [3.8, 4) is 11.5 Å². The first-order valence-electron chi connectivity index (χ1n) is 11.7. The maximum atomic E-state index is 12.9. The number of likely N-dealkylation sites (N-methyl/N-ethyl adjacent to an activating group) is 1. The van der Waals surface area contributed by atoms with E-state index in [-0.39, 0.29) is 5.91 Å². The summed E-state index contributed by atoms with van der Waals surface area (Å²) in [5.41, 5.74) is 5.43. The van der Waals surface area contributed by atoms with Crippen molar-refractivity contribution in [2.75, 3.05) is 47.4 Å². The molecule has 2 aromatic rings. The molecule has 180 valence electrons. The van der Waals surface area contributed by atoms with Crippen LogP contribution in [0.15, 0.2) is 24.3 Å². The molecule has 2 aromatic carbocycles. The molecule has 1 atom stereocenters. The molecule has 0 unspecified atom stereocenters. The van der Waals surface area contributed by atoms with Crippen LogP contribution in [0.3, 0.4) is 0 Å². The van der Waals surface area contributed by atoms with Crippen LogP contribution in [0.1, 0.15) is 55.3 Å². The molecule has 4 rings (SSSR count). The van der Waals surface area contributed by atoms with Crippen molar-refractivity contribution in [3.05, 3.63) is 57.6 Å². The van der Waals surface area contributed by atoms with Crippen LogP contribution in [0, 0.1) is 0 Å². The molecule has 0 spiro atoms. The van der Waals surface area contributed by atoms with Gasteiger partial charge in [-0.15, -0.1) is 0 Å². The van der Waals surface area contributed by atoms with Crippen LogP contribution in [0.2, 0.25) is 0 Å². The highest BCUT2D eigenvalue weighted by atomic mass is 16.5. The molecule has 7 nitrogen and oxygen atoms in total. The number of aldehydes is 2. The van der Waals surface area contributed by atoms with Gasteiger partial charge in [0.25, 0.3) is 0 Å². The topological polar surface area (TPSA) is 76.2 Å². The first kappa shape index (κ1) is 24.0. The van der Waals surface area contributed by atoms with Gasteiger partial charge in [0.1, 0.15) is 0 Å². The van der Waals surface area contributed by atoms with Crippen molar-refractivity contribution >= 4 is 18.5 Å². The summed E-state index contributed by atoms with van der Waals surface area (Å²) in [4.78, 5) is 39.5. The Bertz CT molecular complexity index is 1100. The Morgan fingerprint density at radius 1 is 1.00 bits per heavy atom. The number of fused-ring (bicyclic) bond motifs is 2. The second kappa shape index (κ2) is 10.4. The van der Waals surface area contributed by atoms with Crippen molar-refractivity contribution in [2.45, 2.75) is 31.6 Å². The Morgan fingerprint density at radius 3 is 2.35 bits per heavy atom. The quantitative estimate of drug-likeness (QED) is 0.504. The SMILES string of the molecule is COc1cc2c(cc1OC)CC(=O)N(CCCN(C)C[C@H]1Cc3cc(C=O)c(C=O)cc31)CC2. The maximum absolute atomic E-state index is 12.9. The van der Waals surface area contributed by atoms with Crippen LogP contribution in [0.5, 0.6) is 11.5 Å². The molecule has 0 saturated carbocycles. The van der Waals surface area contributed by atoms with E-state index in [1.165, 1.54) is 5.56 Å². The monoisotopic (exact) mass is 464 g/mol. The van der Waals surface area contributed by atoms with Crippen molar-refractivity contribution in [1.82, 2.24) is 9.80 Å². The van der Waals surface area contributed by atoms with Crippen LogP contribution in [-0.4, -0.2) is 75.7 Å². The molecule has 34 heavy (non-hydrogen) atoms. The summed E-state index contributed by atoms with van der Waals surface area (Å²) in [6.45, 7) is 3.21. The van der Waals surface area contributed by atoms with E-state index in [9.17, 15) is 14.4 Å². The van der Waals surface area contributed by atoms with Gasteiger partial charge in [0.2, 0.25) is 5.91 Å². The van der Waals surface area contributed by atoms with Crippen molar-refractivity contribution in [3.63, 3.8) is 0 Å². The molecule has 0 N–H and O–H groups in total. The zero-order valence-electron chi connectivity index (χ0n) is 20.1. The third kappa shape index (κ3) is 4.85. The molecule has 1 heterocycles. The Hall–Kier alpha value is -3.19. The van der Waals surface area contributed by atoms with E-state index in [0.717, 1.165) is 68.2 Å². The molecule has 0 aromatic heterocycles. The predicted octanol–water partition coefficient (Wildman–Crippen LogP) is 2.92. The van der Waals surface area contributed by atoms with Crippen LogP contribution >= 0.6 is 0 Å². The lowest BCUT2D eigenvalue weighted by atomic mass is 9.75. The molecule has 0 saturated heterocycles. The zero-order chi connectivity index (χ0) is 24.2. The molecule has 1 aliphatic heterocycles. The second-order valence-corrected chi connectivity index (χ2v) is 9.22. The van der Waals surface area contributed by atoms with Gasteiger partial charge in [-0.3, -0.25) is 14.4 Å². The van der Waals surface area contributed by atoms with Gasteiger partial charge in [-0.25, -0.2) is 0 Å². The number of carbonyl (C=O) groups excluding carboxylic acids is 3. The number of amides is 1. The number of ether oxygens (including phenoxy) is 2. The number of hydrogen-bond donors (Lipinski definition) is 0. The highest BCUT2D eigenvalue weighted by molar-refractivity contribution is 5.91. The normalized spacial score (nSPS) is 16.9. The zero-order valence-corrected chi connectivity index (χ0v) is 20.1. The van der Waals surface area contributed by atoms with E-state index >= 15 is 0 Å². The Morgan fingerprint density at radius 2 is 1.68 bits per heavy atom. The highest BCUT2D eigenvalue weighted by Gasteiger charge is 2.29. The number of carbonyl (C=O) groups is 3. The maximum Gasteiger partial charge on any atom is 0.227 e. The predicted molar refractivity (Wildman–Crippen MR) is 129 cm³/mol. The minimum Gasteiger partial charge on any atom is -0.493 e. The van der Waals surface area contributed by atoms with Gasteiger partial charge in [-0.2, -0.15) is 0 Å². The third-order valence-corrected chi connectivity index (χ3v) is 7.06. The van der Waals surface area contributed by atoms with E-state index in [0.29, 0.717) is 41.5 Å². The van der Waals surface area contributed by atoms with Gasteiger partial charge in [-0.1, -0.05) is 0 Å². The average Bonchev–Trinajstić information content (AvgIpc) is 2.98. The average molecular weight is 465 g/mol. The molecule has 2 aliphatic rings. The lowest BCUT2D eigenvalue weighted by Crippen LogP contribution is -2.36. The van der Waals surface area contributed by atoms with Gasteiger partial charge in [0.05, 0.1) is 20.6 Å². The molecule has 0 fully saturated rings. The first-order chi connectivity index (χ1) is 16.5. The lowest BCUT2D eigenvalue weighted by Gasteiger charge is -2.34. The molecule has 1 amide bonds. The fourth-order valence-corrected chi connectivity index (χ4v) is 5.12. The minimum absolute atomic E-state index is 0.147. The number of nitrogens with zero attached hydrogens (tertiary/aromatic N) is 2. The van der Waals surface area contributed by atoms with Crippen molar-refractivity contribution < 1.29 is 23.9 Å². The van der Waals surface area contributed by atoms with E-state index < -0.39 is 0 Å². The summed E-state index contributed by atoms with van der Waals surface area (Å²) in [7, 11) is 5.33. The number of rotatable bonds is 10. The molecular formula is C27H32N2O5. The van der Waals surface area contributed by atoms with Gasteiger partial charge in [0, 0.05) is 36.7 Å². The lowest BCUT2D eigenvalue weighted by molar-refractivity contribution is -0.130. The van der Waals surface area contributed by atoms with Gasteiger partial charge in [0.15, 0.2) is 24.1 Å². The van der Waals surface area contributed by atoms with Crippen LogP contribution in [-0.2, 0) is 24.1 Å². The van der Waals surface area contributed by atoms with Crippen molar-refractivity contribution in [1.29, 1.82) is 0 Å². The molecular weight excluding hydrogens is 432 g/mol. The Kier molecular flexibility index (Phi) is 7.32. The number of methoxy groups -OCH3 is 2. The second-order valence-electron chi connectivity index (χ2n) is 9.22. The third-order valence-electron chi connectivity index (χ3n) is 7.06. The Balaban J connectivity index is 1.29.